The van der Waals surface area contributed by atoms with Crippen molar-refractivity contribution in [3.63, 3.8) is 0 Å². The maximum Gasteiger partial charge on any atom is 0.327 e. The molecule has 0 saturated heterocycles. The molecule has 2 aromatic carbocycles. The first-order valence-corrected chi connectivity index (χ1v) is 9.94. The zero-order valence-electron chi connectivity index (χ0n) is 15.5. The normalized spacial score (nSPS) is 13.4. The predicted molar refractivity (Wildman–Crippen MR) is 109 cm³/mol. The molecule has 0 atom stereocenters. The molecule has 0 bridgehead atoms. The second-order valence-electron chi connectivity index (χ2n) is 6.87. The van der Waals surface area contributed by atoms with E-state index in [1.165, 1.54) is 11.9 Å². The molecule has 0 radical (unpaired) electrons. The Labute approximate surface area is 167 Å². The third-order valence-electron chi connectivity index (χ3n) is 5.08. The topological polar surface area (TPSA) is 74.6 Å². The number of fused-ring (bicyclic) bond motifs is 3. The average Bonchev–Trinajstić information content (AvgIpc) is 3.00. The second-order valence-corrected chi connectivity index (χ2v) is 7.72. The maximum absolute atomic E-state index is 12.7. The quantitative estimate of drug-likeness (QED) is 0.659. The van der Waals surface area contributed by atoms with Crippen molar-refractivity contribution in [1.29, 1.82) is 0 Å². The lowest BCUT2D eigenvalue weighted by atomic mass is 10.0. The van der Waals surface area contributed by atoms with Crippen LogP contribution in [0, 0.1) is 6.92 Å². The van der Waals surface area contributed by atoms with Crippen molar-refractivity contribution >= 4 is 34.9 Å². The lowest BCUT2D eigenvalue weighted by Gasteiger charge is -2.28. The number of aryl methyl sites for hydroxylation is 1. The standard InChI is InChI=1S/C21H21N3O3S/c1-14-6-2-5-9-19(14)28-22-21(27)23-11-10-18-16(12-23)15-7-3-4-8-17(15)24(18)13-20(25)26/h2-9H,10-13H2,1H3,(H,22,27)(H,25,26). The van der Waals surface area contributed by atoms with Crippen LogP contribution in [0.3, 0.4) is 0 Å². The number of carbonyl (C=O) groups excluding carboxylic acids is 1. The maximum atomic E-state index is 12.7. The van der Waals surface area contributed by atoms with Gasteiger partial charge in [-0.3, -0.25) is 9.52 Å². The molecule has 28 heavy (non-hydrogen) atoms. The molecule has 4 rings (SSSR count). The van der Waals surface area contributed by atoms with E-state index < -0.39 is 5.97 Å². The summed E-state index contributed by atoms with van der Waals surface area (Å²) in [5.74, 6) is -0.863. The molecule has 6 nitrogen and oxygen atoms in total. The highest BCUT2D eigenvalue weighted by molar-refractivity contribution is 7.98. The van der Waals surface area contributed by atoms with Gasteiger partial charge in [0.1, 0.15) is 6.54 Å². The molecule has 1 aromatic heterocycles. The van der Waals surface area contributed by atoms with Gasteiger partial charge in [-0.05, 0) is 36.6 Å². The second kappa shape index (κ2) is 7.59. The van der Waals surface area contributed by atoms with E-state index in [2.05, 4.69) is 4.72 Å². The van der Waals surface area contributed by atoms with Gasteiger partial charge in [0.15, 0.2) is 0 Å². The van der Waals surface area contributed by atoms with E-state index in [4.69, 9.17) is 0 Å². The lowest BCUT2D eigenvalue weighted by molar-refractivity contribution is -0.137. The van der Waals surface area contributed by atoms with Crippen LogP contribution in [-0.2, 0) is 24.3 Å². The monoisotopic (exact) mass is 395 g/mol. The van der Waals surface area contributed by atoms with Gasteiger partial charge in [0.25, 0.3) is 0 Å². The number of carboxylic acid groups (broad SMARTS) is 1. The third-order valence-corrected chi connectivity index (χ3v) is 6.04. The first-order valence-electron chi connectivity index (χ1n) is 9.12. The van der Waals surface area contributed by atoms with Crippen LogP contribution in [0.4, 0.5) is 4.79 Å². The minimum Gasteiger partial charge on any atom is -0.480 e. The molecule has 1 aliphatic heterocycles. The van der Waals surface area contributed by atoms with Gasteiger partial charge in [0.05, 0.1) is 0 Å². The Morgan fingerprint density at radius 1 is 1.14 bits per heavy atom. The van der Waals surface area contributed by atoms with Crippen LogP contribution in [0.25, 0.3) is 10.9 Å². The van der Waals surface area contributed by atoms with Gasteiger partial charge < -0.3 is 14.6 Å². The molecular formula is C21H21N3O3S. The van der Waals surface area contributed by atoms with E-state index >= 15 is 0 Å². The molecular weight excluding hydrogens is 374 g/mol. The number of urea groups is 1. The smallest absolute Gasteiger partial charge is 0.327 e. The number of para-hydroxylation sites is 1. The highest BCUT2D eigenvalue weighted by Gasteiger charge is 2.27. The van der Waals surface area contributed by atoms with Crippen molar-refractivity contribution in [2.45, 2.75) is 31.3 Å². The first kappa shape index (κ1) is 18.4. The van der Waals surface area contributed by atoms with Crippen molar-refractivity contribution in [1.82, 2.24) is 14.2 Å². The van der Waals surface area contributed by atoms with Crippen molar-refractivity contribution in [2.24, 2.45) is 0 Å². The van der Waals surface area contributed by atoms with Crippen LogP contribution in [0.5, 0.6) is 0 Å². The number of rotatable bonds is 4. The van der Waals surface area contributed by atoms with Crippen LogP contribution in [0.2, 0.25) is 0 Å². The fourth-order valence-electron chi connectivity index (χ4n) is 3.72. The molecule has 0 spiro atoms. The van der Waals surface area contributed by atoms with Gasteiger partial charge in [-0.1, -0.05) is 36.4 Å². The molecule has 1 aliphatic rings. The Bertz CT molecular complexity index is 1060. The van der Waals surface area contributed by atoms with Gasteiger partial charge in [0, 0.05) is 46.6 Å². The SMILES string of the molecule is Cc1ccccc1SNC(=O)N1CCc2c(c3ccccc3n2CC(=O)O)C1. The summed E-state index contributed by atoms with van der Waals surface area (Å²) in [5.41, 5.74) is 4.08. The summed E-state index contributed by atoms with van der Waals surface area (Å²) in [5, 5.41) is 10.3. The Morgan fingerprint density at radius 2 is 1.89 bits per heavy atom. The molecule has 3 aromatic rings. The zero-order valence-corrected chi connectivity index (χ0v) is 16.3. The fraction of sp³-hybridized carbons (Fsp3) is 0.238. The molecule has 144 valence electrons. The van der Waals surface area contributed by atoms with Crippen molar-refractivity contribution in [3.8, 4) is 0 Å². The number of hydrogen-bond donors (Lipinski definition) is 2. The minimum absolute atomic E-state index is 0.0643. The molecule has 0 fully saturated rings. The summed E-state index contributed by atoms with van der Waals surface area (Å²) in [4.78, 5) is 26.8. The molecule has 2 amide bonds. The predicted octanol–water partition coefficient (Wildman–Crippen LogP) is 3.81. The highest BCUT2D eigenvalue weighted by Crippen LogP contribution is 2.31. The van der Waals surface area contributed by atoms with Crippen molar-refractivity contribution < 1.29 is 14.7 Å². The van der Waals surface area contributed by atoms with Crippen LogP contribution in [0.15, 0.2) is 53.4 Å². The lowest BCUT2D eigenvalue weighted by Crippen LogP contribution is -2.40. The van der Waals surface area contributed by atoms with Crippen molar-refractivity contribution in [3.05, 3.63) is 65.4 Å². The number of aliphatic carboxylic acids is 1. The number of nitrogens with one attached hydrogen (secondary N) is 1. The van der Waals surface area contributed by atoms with Gasteiger partial charge in [-0.15, -0.1) is 0 Å². The summed E-state index contributed by atoms with van der Waals surface area (Å²) in [6, 6.07) is 15.6. The number of aromatic nitrogens is 1. The fourth-order valence-corrected chi connectivity index (χ4v) is 4.43. The average molecular weight is 395 g/mol. The Hall–Kier alpha value is -2.93. The largest absolute Gasteiger partial charge is 0.480 e. The van der Waals surface area contributed by atoms with Crippen molar-refractivity contribution in [2.75, 3.05) is 6.54 Å². The van der Waals surface area contributed by atoms with Gasteiger partial charge in [-0.25, -0.2) is 4.79 Å². The Kier molecular flexibility index (Phi) is 5.00. The van der Waals surface area contributed by atoms with Crippen LogP contribution >= 0.6 is 11.9 Å². The minimum atomic E-state index is -0.863. The van der Waals surface area contributed by atoms with Gasteiger partial charge in [-0.2, -0.15) is 0 Å². The highest BCUT2D eigenvalue weighted by atomic mass is 32.2. The summed E-state index contributed by atoms with van der Waals surface area (Å²) >= 11 is 1.32. The van der Waals surface area contributed by atoms with E-state index in [1.54, 1.807) is 4.90 Å². The summed E-state index contributed by atoms with van der Waals surface area (Å²) < 4.78 is 4.80. The molecule has 0 unspecified atom stereocenters. The molecule has 7 heteroatoms. The van der Waals surface area contributed by atoms with Crippen LogP contribution in [-0.4, -0.2) is 33.1 Å². The van der Waals surface area contributed by atoms with E-state index in [-0.39, 0.29) is 12.6 Å². The van der Waals surface area contributed by atoms with E-state index in [1.807, 2.05) is 60.0 Å². The van der Waals surface area contributed by atoms with Crippen LogP contribution < -0.4 is 4.72 Å². The zero-order chi connectivity index (χ0) is 19.7. The number of amides is 2. The number of carbonyl (C=O) groups is 2. The molecule has 0 saturated carbocycles. The molecule has 0 aliphatic carbocycles. The number of nitrogens with zero attached hydrogens (tertiary/aromatic N) is 2. The number of carboxylic acids is 1. The first-order chi connectivity index (χ1) is 13.5. The molecule has 2 N–H and O–H groups in total. The molecule has 2 heterocycles. The summed E-state index contributed by atoms with van der Waals surface area (Å²) in [6.45, 7) is 2.98. The van der Waals surface area contributed by atoms with E-state index in [9.17, 15) is 14.7 Å². The summed E-state index contributed by atoms with van der Waals surface area (Å²) in [6.07, 6.45) is 0.639. The van der Waals surface area contributed by atoms with E-state index in [0.29, 0.717) is 19.5 Å². The van der Waals surface area contributed by atoms with Gasteiger partial charge in [0.2, 0.25) is 0 Å². The number of hydrogen-bond acceptors (Lipinski definition) is 3. The number of benzene rings is 2. The summed E-state index contributed by atoms with van der Waals surface area (Å²) in [7, 11) is 0. The Balaban J connectivity index is 1.55. The third kappa shape index (κ3) is 3.45. The van der Waals surface area contributed by atoms with Gasteiger partial charge >= 0.3 is 12.0 Å². The van der Waals surface area contributed by atoms with E-state index in [0.717, 1.165) is 32.6 Å². The van der Waals surface area contributed by atoms with Crippen LogP contribution in [0.1, 0.15) is 16.8 Å². The Morgan fingerprint density at radius 3 is 2.68 bits per heavy atom.